The second-order valence-corrected chi connectivity index (χ2v) is 8.58. The molecule has 0 saturated carbocycles. The number of hydrogen-bond acceptors (Lipinski definition) is 7. The second kappa shape index (κ2) is 9.30. The van der Waals surface area contributed by atoms with Gasteiger partial charge in [0.1, 0.15) is 5.01 Å². The largest absolute Gasteiger partial charge is 0.417 e. The van der Waals surface area contributed by atoms with Gasteiger partial charge in [0, 0.05) is 31.0 Å². The minimum atomic E-state index is -4.39. The number of likely N-dealkylation sites (tertiary alicyclic amines) is 1. The molecule has 0 aliphatic carbocycles. The number of hydrogen-bond donors (Lipinski definition) is 1. The highest BCUT2D eigenvalue weighted by Gasteiger charge is 2.31. The fourth-order valence-electron chi connectivity index (χ4n) is 3.56. The van der Waals surface area contributed by atoms with Gasteiger partial charge in [-0.05, 0) is 25.0 Å². The zero-order chi connectivity index (χ0) is 23.6. The highest BCUT2D eigenvalue weighted by atomic mass is 32.1. The van der Waals surface area contributed by atoms with Crippen LogP contribution in [0.3, 0.4) is 0 Å². The summed E-state index contributed by atoms with van der Waals surface area (Å²) >= 11 is 1.31. The summed E-state index contributed by atoms with van der Waals surface area (Å²) in [7, 11) is 0. The van der Waals surface area contributed by atoms with Gasteiger partial charge in [0.25, 0.3) is 0 Å². The third-order valence-electron chi connectivity index (χ3n) is 5.26. The Bertz CT molecular complexity index is 1140. The normalized spacial score (nSPS) is 16.6. The summed E-state index contributed by atoms with van der Waals surface area (Å²) in [5.41, 5.74) is 0.389. The van der Waals surface area contributed by atoms with Crippen molar-refractivity contribution in [1.82, 2.24) is 25.4 Å². The third-order valence-corrected chi connectivity index (χ3v) is 6.11. The molecule has 8 nitrogen and oxygen atoms in total. The van der Waals surface area contributed by atoms with E-state index in [9.17, 15) is 22.8 Å². The molecule has 2 aromatic heterocycles. The first-order valence-electron chi connectivity index (χ1n) is 10.2. The number of nitrogens with one attached hydrogen (secondary N) is 1. The minimum absolute atomic E-state index is 0.0906. The second-order valence-electron chi connectivity index (χ2n) is 7.64. The van der Waals surface area contributed by atoms with Crippen molar-refractivity contribution in [3.8, 4) is 11.3 Å². The molecule has 1 aromatic carbocycles. The molecule has 3 aromatic rings. The lowest BCUT2D eigenvalue weighted by Gasteiger charge is -2.31. The third kappa shape index (κ3) is 5.38. The van der Waals surface area contributed by atoms with Crippen LogP contribution in [0.15, 0.2) is 34.1 Å². The van der Waals surface area contributed by atoms with Crippen molar-refractivity contribution >= 4 is 23.2 Å². The molecule has 33 heavy (non-hydrogen) atoms. The quantitative estimate of drug-likeness (QED) is 0.599. The monoisotopic (exact) mass is 479 g/mol. The molecule has 4 rings (SSSR count). The van der Waals surface area contributed by atoms with Crippen molar-refractivity contribution in [3.05, 3.63) is 52.0 Å². The van der Waals surface area contributed by atoms with E-state index in [2.05, 4.69) is 20.5 Å². The summed E-state index contributed by atoms with van der Waals surface area (Å²) in [4.78, 5) is 31.1. The number of piperidine rings is 1. The van der Waals surface area contributed by atoms with Gasteiger partial charge in [0.05, 0.1) is 23.7 Å². The Morgan fingerprint density at radius 3 is 2.67 bits per heavy atom. The molecule has 174 valence electrons. The van der Waals surface area contributed by atoms with Crippen molar-refractivity contribution in [2.24, 2.45) is 5.92 Å². The van der Waals surface area contributed by atoms with E-state index >= 15 is 0 Å². The molecule has 1 aliphatic heterocycles. The number of amides is 2. The van der Waals surface area contributed by atoms with E-state index in [0.29, 0.717) is 41.5 Å². The lowest BCUT2D eigenvalue weighted by atomic mass is 9.97. The number of aromatic nitrogens is 3. The minimum Gasteiger partial charge on any atom is -0.417 e. The van der Waals surface area contributed by atoms with Gasteiger partial charge in [-0.3, -0.25) is 9.59 Å². The van der Waals surface area contributed by atoms with E-state index in [0.717, 1.165) is 12.1 Å². The van der Waals surface area contributed by atoms with Crippen LogP contribution in [0, 0.1) is 12.8 Å². The first kappa shape index (κ1) is 22.9. The smallest absolute Gasteiger partial charge is 0.416 e. The van der Waals surface area contributed by atoms with E-state index in [-0.39, 0.29) is 30.8 Å². The Morgan fingerprint density at radius 1 is 1.24 bits per heavy atom. The SMILES string of the molecule is Cc1nnc(C(=O)N2CCC[C@H](C(=O)NCc3nc(-c4ccc(C(F)(F)F)cc4)cs3)C2)o1. The predicted octanol–water partition coefficient (Wildman–Crippen LogP) is 3.69. The van der Waals surface area contributed by atoms with Crippen molar-refractivity contribution in [3.63, 3.8) is 0 Å². The van der Waals surface area contributed by atoms with Gasteiger partial charge in [0.2, 0.25) is 11.8 Å². The maximum atomic E-state index is 12.7. The summed E-state index contributed by atoms with van der Waals surface area (Å²) in [6.07, 6.45) is -3.07. The molecule has 3 heterocycles. The first-order valence-corrected chi connectivity index (χ1v) is 11.1. The Labute approximate surface area is 190 Å². The van der Waals surface area contributed by atoms with Gasteiger partial charge in [-0.15, -0.1) is 21.5 Å². The Morgan fingerprint density at radius 2 is 2.00 bits per heavy atom. The van der Waals surface area contributed by atoms with Gasteiger partial charge in [-0.25, -0.2) is 4.98 Å². The van der Waals surface area contributed by atoms with E-state index in [1.165, 1.54) is 28.4 Å². The van der Waals surface area contributed by atoms with Crippen LogP contribution in [0.1, 0.15) is 40.0 Å². The van der Waals surface area contributed by atoms with Crippen molar-refractivity contribution in [2.75, 3.05) is 13.1 Å². The zero-order valence-corrected chi connectivity index (χ0v) is 18.4. The zero-order valence-electron chi connectivity index (χ0n) is 17.6. The van der Waals surface area contributed by atoms with Crippen LogP contribution in [0.5, 0.6) is 0 Å². The molecule has 1 aliphatic rings. The molecule has 0 spiro atoms. The number of halogens is 3. The standard InChI is InChI=1S/C21H20F3N5O3S/c1-12-27-28-19(32-12)20(31)29-8-2-3-14(10-29)18(30)25-9-17-26-16(11-33-17)13-4-6-15(7-5-13)21(22,23)24/h4-7,11,14H,2-3,8-10H2,1H3,(H,25,30)/t14-/m0/s1. The lowest BCUT2D eigenvalue weighted by Crippen LogP contribution is -2.45. The highest BCUT2D eigenvalue weighted by molar-refractivity contribution is 7.09. The Hall–Kier alpha value is -3.28. The first-order chi connectivity index (χ1) is 15.7. The number of thiazole rings is 1. The number of carbonyl (C=O) groups excluding carboxylic acids is 2. The van der Waals surface area contributed by atoms with Gasteiger partial charge in [0.15, 0.2) is 0 Å². The van der Waals surface area contributed by atoms with E-state index in [1.54, 1.807) is 12.3 Å². The molecular weight excluding hydrogens is 459 g/mol. The average Bonchev–Trinajstić information content (AvgIpc) is 3.46. The molecule has 1 saturated heterocycles. The van der Waals surface area contributed by atoms with Crippen LogP contribution in [0.4, 0.5) is 13.2 Å². The predicted molar refractivity (Wildman–Crippen MR) is 112 cm³/mol. The summed E-state index contributed by atoms with van der Waals surface area (Å²) in [6.45, 7) is 2.54. The van der Waals surface area contributed by atoms with Crippen LogP contribution in [0.25, 0.3) is 11.3 Å². The number of aryl methyl sites for hydroxylation is 1. The van der Waals surface area contributed by atoms with Crippen LogP contribution >= 0.6 is 11.3 Å². The summed E-state index contributed by atoms with van der Waals surface area (Å²) in [5.74, 6) is -0.758. The summed E-state index contributed by atoms with van der Waals surface area (Å²) < 4.78 is 43.4. The van der Waals surface area contributed by atoms with Gasteiger partial charge >= 0.3 is 18.0 Å². The molecular formula is C21H20F3N5O3S. The molecule has 12 heteroatoms. The molecule has 1 atom stereocenters. The summed E-state index contributed by atoms with van der Waals surface area (Å²) in [5, 5.41) is 12.6. The van der Waals surface area contributed by atoms with Gasteiger partial charge < -0.3 is 14.6 Å². The number of alkyl halides is 3. The maximum Gasteiger partial charge on any atom is 0.416 e. The molecule has 1 fully saturated rings. The molecule has 1 N–H and O–H groups in total. The van der Waals surface area contributed by atoms with Gasteiger partial charge in [-0.2, -0.15) is 13.2 Å². The van der Waals surface area contributed by atoms with Crippen molar-refractivity contribution in [1.29, 1.82) is 0 Å². The summed E-state index contributed by atoms with van der Waals surface area (Å²) in [6, 6.07) is 4.78. The number of carbonyl (C=O) groups is 2. The van der Waals surface area contributed by atoms with E-state index in [4.69, 9.17) is 4.42 Å². The van der Waals surface area contributed by atoms with Crippen LogP contribution in [-0.2, 0) is 17.5 Å². The fraction of sp³-hybridized carbons (Fsp3) is 0.381. The number of rotatable bonds is 5. The van der Waals surface area contributed by atoms with E-state index in [1.807, 2.05) is 0 Å². The average molecular weight is 479 g/mol. The molecule has 0 radical (unpaired) electrons. The number of benzene rings is 1. The topological polar surface area (TPSA) is 101 Å². The fourth-order valence-corrected chi connectivity index (χ4v) is 4.30. The lowest BCUT2D eigenvalue weighted by molar-refractivity contribution is -0.137. The van der Waals surface area contributed by atoms with Crippen LogP contribution < -0.4 is 5.32 Å². The molecule has 0 unspecified atom stereocenters. The van der Waals surface area contributed by atoms with Crippen molar-refractivity contribution in [2.45, 2.75) is 32.5 Å². The van der Waals surface area contributed by atoms with Crippen molar-refractivity contribution < 1.29 is 27.2 Å². The van der Waals surface area contributed by atoms with Crippen LogP contribution in [0.2, 0.25) is 0 Å². The molecule has 2 amide bonds. The number of nitrogens with zero attached hydrogens (tertiary/aromatic N) is 4. The van der Waals surface area contributed by atoms with Gasteiger partial charge in [-0.1, -0.05) is 12.1 Å². The molecule has 0 bridgehead atoms. The Kier molecular flexibility index (Phi) is 6.45. The van der Waals surface area contributed by atoms with E-state index < -0.39 is 17.6 Å². The van der Waals surface area contributed by atoms with Crippen LogP contribution in [-0.4, -0.2) is 45.0 Å². The Balaban J connectivity index is 1.32. The highest BCUT2D eigenvalue weighted by Crippen LogP contribution is 2.31. The maximum absolute atomic E-state index is 12.7.